The van der Waals surface area contributed by atoms with Crippen LogP contribution in [0.2, 0.25) is 0 Å². The van der Waals surface area contributed by atoms with Gasteiger partial charge in [-0.15, -0.1) is 0 Å². The standard InChI is InChI=1S/C20H20N4O5/c1-12-7-8-13(24(28)29)9-16(12)22-20(27)19(26)21-10-18(25)15-11-23(2)17-6-4-3-5-14(15)17/h3-9,11,18,25H,10H2,1-2H3,(H,21,26)(H,22,27). The van der Waals surface area contributed by atoms with Crippen molar-refractivity contribution in [3.8, 4) is 0 Å². The Kier molecular flexibility index (Phi) is 5.60. The second-order valence-electron chi connectivity index (χ2n) is 6.65. The van der Waals surface area contributed by atoms with Gasteiger partial charge in [0.05, 0.1) is 16.7 Å². The lowest BCUT2D eigenvalue weighted by Gasteiger charge is -2.12. The van der Waals surface area contributed by atoms with Crippen LogP contribution < -0.4 is 10.6 Å². The van der Waals surface area contributed by atoms with Gasteiger partial charge in [0.15, 0.2) is 0 Å². The van der Waals surface area contributed by atoms with Crippen molar-refractivity contribution in [1.82, 2.24) is 9.88 Å². The molecule has 0 spiro atoms. The number of benzene rings is 2. The first-order valence-corrected chi connectivity index (χ1v) is 8.84. The number of aromatic nitrogens is 1. The first kappa shape index (κ1) is 20.0. The van der Waals surface area contributed by atoms with E-state index in [1.165, 1.54) is 18.2 Å². The molecule has 0 aliphatic carbocycles. The summed E-state index contributed by atoms with van der Waals surface area (Å²) >= 11 is 0. The molecule has 0 fully saturated rings. The molecule has 3 N–H and O–H groups in total. The molecule has 1 atom stereocenters. The minimum absolute atomic E-state index is 0.159. The van der Waals surface area contributed by atoms with Crippen LogP contribution in [0, 0.1) is 17.0 Å². The fraction of sp³-hybridized carbons (Fsp3) is 0.200. The van der Waals surface area contributed by atoms with Gasteiger partial charge in [-0.2, -0.15) is 0 Å². The molecule has 29 heavy (non-hydrogen) atoms. The predicted octanol–water partition coefficient (Wildman–Crippen LogP) is 2.18. The van der Waals surface area contributed by atoms with Crippen LogP contribution in [-0.2, 0) is 16.6 Å². The van der Waals surface area contributed by atoms with Gasteiger partial charge in [-0.1, -0.05) is 24.3 Å². The normalized spacial score (nSPS) is 11.8. The first-order valence-electron chi connectivity index (χ1n) is 8.84. The lowest BCUT2D eigenvalue weighted by atomic mass is 10.1. The van der Waals surface area contributed by atoms with Crippen molar-refractivity contribution in [2.75, 3.05) is 11.9 Å². The highest BCUT2D eigenvalue weighted by Crippen LogP contribution is 2.25. The third-order valence-corrected chi connectivity index (χ3v) is 4.63. The zero-order chi connectivity index (χ0) is 21.1. The second-order valence-corrected chi connectivity index (χ2v) is 6.65. The Bertz CT molecular complexity index is 1110. The summed E-state index contributed by atoms with van der Waals surface area (Å²) < 4.78 is 1.87. The average Bonchev–Trinajstić information content (AvgIpc) is 3.04. The average molecular weight is 396 g/mol. The van der Waals surface area contributed by atoms with E-state index in [9.17, 15) is 24.8 Å². The third kappa shape index (κ3) is 4.25. The number of rotatable bonds is 5. The molecule has 1 unspecified atom stereocenters. The maximum absolute atomic E-state index is 12.1. The van der Waals surface area contributed by atoms with Crippen molar-refractivity contribution in [3.63, 3.8) is 0 Å². The number of aliphatic hydroxyl groups excluding tert-OH is 1. The Hall–Kier alpha value is -3.72. The lowest BCUT2D eigenvalue weighted by molar-refractivity contribution is -0.384. The number of fused-ring (bicyclic) bond motifs is 1. The molecule has 3 rings (SSSR count). The van der Waals surface area contributed by atoms with E-state index in [2.05, 4.69) is 10.6 Å². The summed E-state index contributed by atoms with van der Waals surface area (Å²) in [4.78, 5) is 34.5. The van der Waals surface area contributed by atoms with Crippen LogP contribution in [0.25, 0.3) is 10.9 Å². The van der Waals surface area contributed by atoms with Gasteiger partial charge >= 0.3 is 11.8 Å². The molecule has 0 bridgehead atoms. The van der Waals surface area contributed by atoms with Gasteiger partial charge in [-0.3, -0.25) is 19.7 Å². The number of aryl methyl sites for hydroxylation is 2. The van der Waals surface area contributed by atoms with E-state index in [1.807, 2.05) is 35.9 Å². The Labute approximate surface area is 166 Å². The first-order chi connectivity index (χ1) is 13.8. The number of nitrogens with zero attached hydrogens (tertiary/aromatic N) is 2. The number of amides is 2. The summed E-state index contributed by atoms with van der Waals surface area (Å²) in [6.07, 6.45) is 0.769. The fourth-order valence-corrected chi connectivity index (χ4v) is 3.06. The molecule has 0 aliphatic rings. The lowest BCUT2D eigenvalue weighted by Crippen LogP contribution is -2.37. The molecular formula is C20H20N4O5. The number of para-hydroxylation sites is 1. The molecule has 150 valence electrons. The van der Waals surface area contributed by atoms with E-state index in [0.717, 1.165) is 10.9 Å². The Morgan fingerprint density at radius 2 is 1.93 bits per heavy atom. The van der Waals surface area contributed by atoms with E-state index in [4.69, 9.17) is 0 Å². The van der Waals surface area contributed by atoms with Crippen LogP contribution in [-0.4, -0.2) is 33.0 Å². The maximum atomic E-state index is 12.1. The second kappa shape index (κ2) is 8.11. The number of anilines is 1. The molecular weight excluding hydrogens is 376 g/mol. The molecule has 0 saturated carbocycles. The highest BCUT2D eigenvalue weighted by molar-refractivity contribution is 6.39. The van der Waals surface area contributed by atoms with Gasteiger partial charge in [0.1, 0.15) is 0 Å². The van der Waals surface area contributed by atoms with Gasteiger partial charge in [0, 0.05) is 48.4 Å². The van der Waals surface area contributed by atoms with Crippen LogP contribution in [0.15, 0.2) is 48.7 Å². The van der Waals surface area contributed by atoms with Crippen LogP contribution in [0.1, 0.15) is 17.2 Å². The molecule has 2 aromatic carbocycles. The molecule has 0 saturated heterocycles. The largest absolute Gasteiger partial charge is 0.386 e. The monoisotopic (exact) mass is 396 g/mol. The smallest absolute Gasteiger partial charge is 0.313 e. The summed E-state index contributed by atoms with van der Waals surface area (Å²) in [7, 11) is 1.85. The number of aliphatic hydroxyl groups is 1. The summed E-state index contributed by atoms with van der Waals surface area (Å²) in [5.74, 6) is -1.92. The van der Waals surface area contributed by atoms with Crippen molar-refractivity contribution < 1.29 is 19.6 Å². The molecule has 9 nitrogen and oxygen atoms in total. The van der Waals surface area contributed by atoms with E-state index in [1.54, 1.807) is 13.1 Å². The number of nitrogens with one attached hydrogen (secondary N) is 2. The van der Waals surface area contributed by atoms with E-state index in [-0.39, 0.29) is 17.9 Å². The number of carbonyl (C=O) groups excluding carboxylic acids is 2. The number of nitro groups is 1. The van der Waals surface area contributed by atoms with Crippen LogP contribution in [0.3, 0.4) is 0 Å². The molecule has 9 heteroatoms. The van der Waals surface area contributed by atoms with Crippen molar-refractivity contribution in [2.24, 2.45) is 7.05 Å². The van der Waals surface area contributed by atoms with Crippen molar-refractivity contribution in [3.05, 3.63) is 69.9 Å². The Morgan fingerprint density at radius 1 is 1.21 bits per heavy atom. The summed E-state index contributed by atoms with van der Waals surface area (Å²) in [5.41, 5.74) is 2.13. The summed E-state index contributed by atoms with van der Waals surface area (Å²) in [6, 6.07) is 11.5. The Balaban J connectivity index is 1.65. The van der Waals surface area contributed by atoms with Gasteiger partial charge in [0.2, 0.25) is 0 Å². The maximum Gasteiger partial charge on any atom is 0.313 e. The Morgan fingerprint density at radius 3 is 2.66 bits per heavy atom. The zero-order valence-corrected chi connectivity index (χ0v) is 15.9. The predicted molar refractivity (Wildman–Crippen MR) is 107 cm³/mol. The third-order valence-electron chi connectivity index (χ3n) is 4.63. The SMILES string of the molecule is Cc1ccc([N+](=O)[O-])cc1NC(=O)C(=O)NCC(O)c1cn(C)c2ccccc12. The fourth-order valence-electron chi connectivity index (χ4n) is 3.06. The summed E-state index contributed by atoms with van der Waals surface area (Å²) in [5, 5.41) is 26.9. The number of carbonyl (C=O) groups is 2. The highest BCUT2D eigenvalue weighted by Gasteiger charge is 2.20. The van der Waals surface area contributed by atoms with Gasteiger partial charge < -0.3 is 20.3 Å². The minimum atomic E-state index is -1.00. The van der Waals surface area contributed by atoms with E-state index < -0.39 is 22.8 Å². The number of hydrogen-bond donors (Lipinski definition) is 3. The molecule has 2 amide bonds. The van der Waals surface area contributed by atoms with Gasteiger partial charge in [-0.25, -0.2) is 0 Å². The molecule has 0 aliphatic heterocycles. The van der Waals surface area contributed by atoms with Crippen molar-refractivity contribution in [1.29, 1.82) is 0 Å². The molecule has 3 aromatic rings. The molecule has 1 heterocycles. The van der Waals surface area contributed by atoms with Crippen molar-refractivity contribution >= 4 is 34.1 Å². The van der Waals surface area contributed by atoms with Crippen LogP contribution in [0.4, 0.5) is 11.4 Å². The molecule has 0 radical (unpaired) electrons. The number of non-ortho nitro benzene ring substituents is 1. The molecule has 1 aromatic heterocycles. The summed E-state index contributed by atoms with van der Waals surface area (Å²) in [6.45, 7) is 1.50. The minimum Gasteiger partial charge on any atom is -0.386 e. The van der Waals surface area contributed by atoms with Crippen molar-refractivity contribution in [2.45, 2.75) is 13.0 Å². The van der Waals surface area contributed by atoms with E-state index in [0.29, 0.717) is 11.1 Å². The number of nitro benzene ring substituents is 1. The van der Waals surface area contributed by atoms with Crippen LogP contribution >= 0.6 is 0 Å². The zero-order valence-electron chi connectivity index (χ0n) is 15.9. The highest BCUT2D eigenvalue weighted by atomic mass is 16.6. The van der Waals surface area contributed by atoms with Crippen LogP contribution in [0.5, 0.6) is 0 Å². The van der Waals surface area contributed by atoms with Gasteiger partial charge in [0.25, 0.3) is 5.69 Å². The van der Waals surface area contributed by atoms with Gasteiger partial charge in [-0.05, 0) is 18.6 Å². The quantitative estimate of drug-likeness (QED) is 0.346. The van der Waals surface area contributed by atoms with E-state index >= 15 is 0 Å². The number of hydrogen-bond acceptors (Lipinski definition) is 5. The topological polar surface area (TPSA) is 126 Å².